The van der Waals surface area contributed by atoms with Crippen LogP contribution in [0.25, 0.3) is 0 Å². The summed E-state index contributed by atoms with van der Waals surface area (Å²) < 4.78 is 11.2. The number of hydrogen-bond acceptors (Lipinski definition) is 5. The fraction of sp³-hybridized carbons (Fsp3) is 0.625. The molecule has 2 rings (SSSR count). The van der Waals surface area contributed by atoms with Crippen molar-refractivity contribution in [3.8, 4) is 11.5 Å². The van der Waals surface area contributed by atoms with Crippen molar-refractivity contribution in [2.24, 2.45) is 0 Å². The van der Waals surface area contributed by atoms with E-state index in [1.807, 2.05) is 26.0 Å². The first-order valence-electron chi connectivity index (χ1n) is 7.59. The molecule has 5 nitrogen and oxygen atoms in total. The van der Waals surface area contributed by atoms with Gasteiger partial charge in [-0.25, -0.2) is 5.01 Å². The maximum absolute atomic E-state index is 5.74. The molecule has 1 N–H and O–H groups in total. The Kier molecular flexibility index (Phi) is 5.85. The van der Waals surface area contributed by atoms with E-state index in [0.29, 0.717) is 0 Å². The summed E-state index contributed by atoms with van der Waals surface area (Å²) in [5.74, 6) is 1.59. The smallest absolute Gasteiger partial charge is 0.161 e. The van der Waals surface area contributed by atoms with Gasteiger partial charge >= 0.3 is 0 Å². The van der Waals surface area contributed by atoms with Gasteiger partial charge in [0.15, 0.2) is 11.5 Å². The molecule has 1 aliphatic heterocycles. The van der Waals surface area contributed by atoms with Crippen molar-refractivity contribution in [2.45, 2.75) is 26.5 Å². The lowest BCUT2D eigenvalue weighted by molar-refractivity contribution is 0.102. The van der Waals surface area contributed by atoms with Crippen LogP contribution < -0.4 is 14.9 Å². The van der Waals surface area contributed by atoms with Crippen LogP contribution in [0.5, 0.6) is 11.5 Å². The van der Waals surface area contributed by atoms with Gasteiger partial charge < -0.3 is 14.4 Å². The SMILES string of the molecule is COc1cc(CNN2CCN(C)CC2)ccc1OC(C)C. The van der Waals surface area contributed by atoms with Crippen molar-refractivity contribution in [3.63, 3.8) is 0 Å². The Morgan fingerprint density at radius 2 is 1.86 bits per heavy atom. The van der Waals surface area contributed by atoms with Crippen molar-refractivity contribution >= 4 is 0 Å². The minimum Gasteiger partial charge on any atom is -0.493 e. The van der Waals surface area contributed by atoms with Gasteiger partial charge in [-0.05, 0) is 38.6 Å². The highest BCUT2D eigenvalue weighted by Gasteiger charge is 2.13. The molecule has 1 heterocycles. The zero-order valence-electron chi connectivity index (χ0n) is 13.6. The van der Waals surface area contributed by atoms with Gasteiger partial charge in [-0.1, -0.05) is 6.07 Å². The molecule has 1 aromatic rings. The van der Waals surface area contributed by atoms with Crippen molar-refractivity contribution in [1.82, 2.24) is 15.3 Å². The molecule has 0 radical (unpaired) electrons. The molecule has 1 saturated heterocycles. The molecule has 0 aliphatic carbocycles. The van der Waals surface area contributed by atoms with Crippen molar-refractivity contribution in [2.75, 3.05) is 40.3 Å². The topological polar surface area (TPSA) is 37.0 Å². The Balaban J connectivity index is 1.91. The number of nitrogens with one attached hydrogen (secondary N) is 1. The van der Waals surface area contributed by atoms with Crippen LogP contribution in [0, 0.1) is 0 Å². The second kappa shape index (κ2) is 7.64. The molecule has 0 unspecified atom stereocenters. The van der Waals surface area contributed by atoms with E-state index in [0.717, 1.165) is 44.2 Å². The van der Waals surface area contributed by atoms with E-state index in [-0.39, 0.29) is 6.10 Å². The number of methoxy groups -OCH3 is 1. The van der Waals surface area contributed by atoms with E-state index in [4.69, 9.17) is 9.47 Å². The van der Waals surface area contributed by atoms with Gasteiger partial charge in [0, 0.05) is 32.7 Å². The molecule has 0 amide bonds. The quantitative estimate of drug-likeness (QED) is 0.864. The van der Waals surface area contributed by atoms with Crippen LogP contribution in [0.3, 0.4) is 0 Å². The van der Waals surface area contributed by atoms with E-state index >= 15 is 0 Å². The molecule has 5 heteroatoms. The van der Waals surface area contributed by atoms with E-state index in [1.54, 1.807) is 7.11 Å². The molecule has 1 aromatic carbocycles. The third kappa shape index (κ3) is 4.88. The van der Waals surface area contributed by atoms with Gasteiger partial charge in [0.2, 0.25) is 0 Å². The Morgan fingerprint density at radius 1 is 1.14 bits per heavy atom. The third-order valence-electron chi connectivity index (χ3n) is 3.60. The van der Waals surface area contributed by atoms with Crippen molar-refractivity contribution in [1.29, 1.82) is 0 Å². The number of hydrazine groups is 1. The largest absolute Gasteiger partial charge is 0.493 e. The van der Waals surface area contributed by atoms with E-state index in [2.05, 4.69) is 28.4 Å². The van der Waals surface area contributed by atoms with Crippen LogP contribution in [0.1, 0.15) is 19.4 Å². The number of hydrogen-bond donors (Lipinski definition) is 1. The number of nitrogens with zero attached hydrogens (tertiary/aromatic N) is 2. The summed E-state index contributed by atoms with van der Waals surface area (Å²) in [5.41, 5.74) is 4.68. The molecule has 0 spiro atoms. The summed E-state index contributed by atoms with van der Waals surface area (Å²) >= 11 is 0. The molecule has 21 heavy (non-hydrogen) atoms. The Hall–Kier alpha value is -1.30. The fourth-order valence-electron chi connectivity index (χ4n) is 2.34. The first-order valence-corrected chi connectivity index (χ1v) is 7.59. The second-order valence-electron chi connectivity index (χ2n) is 5.78. The van der Waals surface area contributed by atoms with Crippen LogP contribution in [-0.4, -0.2) is 56.3 Å². The number of likely N-dealkylation sites (N-methyl/N-ethyl adjacent to an activating group) is 1. The van der Waals surface area contributed by atoms with E-state index in [9.17, 15) is 0 Å². The maximum Gasteiger partial charge on any atom is 0.161 e. The summed E-state index contributed by atoms with van der Waals surface area (Å²) in [6, 6.07) is 6.11. The normalized spacial score (nSPS) is 17.2. The number of ether oxygens (including phenoxy) is 2. The number of benzene rings is 1. The molecule has 0 atom stereocenters. The molecule has 118 valence electrons. The van der Waals surface area contributed by atoms with Gasteiger partial charge in [-0.3, -0.25) is 5.43 Å². The summed E-state index contributed by atoms with van der Waals surface area (Å²) in [6.07, 6.45) is 0.146. The summed E-state index contributed by atoms with van der Waals surface area (Å²) in [5, 5.41) is 2.28. The Labute approximate surface area is 127 Å². The summed E-state index contributed by atoms with van der Waals surface area (Å²) in [7, 11) is 3.84. The third-order valence-corrected chi connectivity index (χ3v) is 3.60. The maximum atomic E-state index is 5.74. The van der Waals surface area contributed by atoms with Crippen molar-refractivity contribution < 1.29 is 9.47 Å². The van der Waals surface area contributed by atoms with Gasteiger partial charge in [-0.2, -0.15) is 0 Å². The average Bonchev–Trinajstić information content (AvgIpc) is 2.47. The van der Waals surface area contributed by atoms with Crippen LogP contribution in [-0.2, 0) is 6.54 Å². The van der Waals surface area contributed by atoms with Crippen LogP contribution in [0.2, 0.25) is 0 Å². The van der Waals surface area contributed by atoms with Crippen LogP contribution >= 0.6 is 0 Å². The fourth-order valence-corrected chi connectivity index (χ4v) is 2.34. The highest BCUT2D eigenvalue weighted by atomic mass is 16.5. The predicted octanol–water partition coefficient (Wildman–Crippen LogP) is 1.73. The molecule has 0 bridgehead atoms. The predicted molar refractivity (Wildman–Crippen MR) is 84.7 cm³/mol. The second-order valence-corrected chi connectivity index (χ2v) is 5.78. The monoisotopic (exact) mass is 293 g/mol. The Bertz CT molecular complexity index is 443. The van der Waals surface area contributed by atoms with E-state index < -0.39 is 0 Å². The minimum absolute atomic E-state index is 0.146. The highest BCUT2D eigenvalue weighted by molar-refractivity contribution is 5.43. The standard InChI is InChI=1S/C16H27N3O2/c1-13(2)21-15-6-5-14(11-16(15)20-4)12-17-19-9-7-18(3)8-10-19/h5-6,11,13,17H,7-10,12H2,1-4H3. The van der Waals surface area contributed by atoms with Gasteiger partial charge in [0.1, 0.15) is 0 Å². The minimum atomic E-state index is 0.146. The lowest BCUT2D eigenvalue weighted by Gasteiger charge is -2.32. The summed E-state index contributed by atoms with van der Waals surface area (Å²) in [6.45, 7) is 9.17. The van der Waals surface area contributed by atoms with Crippen LogP contribution in [0.15, 0.2) is 18.2 Å². The molecular formula is C16H27N3O2. The van der Waals surface area contributed by atoms with E-state index in [1.165, 1.54) is 5.56 Å². The Morgan fingerprint density at radius 3 is 2.48 bits per heavy atom. The van der Waals surface area contributed by atoms with Gasteiger partial charge in [-0.15, -0.1) is 0 Å². The number of piperazine rings is 1. The van der Waals surface area contributed by atoms with Crippen LogP contribution in [0.4, 0.5) is 0 Å². The lowest BCUT2D eigenvalue weighted by Crippen LogP contribution is -2.50. The zero-order valence-corrected chi connectivity index (χ0v) is 13.6. The first-order chi connectivity index (χ1) is 10.1. The van der Waals surface area contributed by atoms with Crippen molar-refractivity contribution in [3.05, 3.63) is 23.8 Å². The summed E-state index contributed by atoms with van der Waals surface area (Å²) in [4.78, 5) is 2.35. The van der Waals surface area contributed by atoms with Gasteiger partial charge in [0.05, 0.1) is 13.2 Å². The lowest BCUT2D eigenvalue weighted by atomic mass is 10.2. The molecule has 1 aliphatic rings. The number of rotatable bonds is 6. The highest BCUT2D eigenvalue weighted by Crippen LogP contribution is 2.28. The zero-order chi connectivity index (χ0) is 15.2. The average molecular weight is 293 g/mol. The van der Waals surface area contributed by atoms with Gasteiger partial charge in [0.25, 0.3) is 0 Å². The molecule has 0 aromatic heterocycles. The molecule has 1 fully saturated rings. The first kappa shape index (κ1) is 16.1. The molecular weight excluding hydrogens is 266 g/mol. The molecule has 0 saturated carbocycles.